The van der Waals surface area contributed by atoms with Gasteiger partial charge in [0.2, 0.25) is 5.91 Å². The van der Waals surface area contributed by atoms with Gasteiger partial charge < -0.3 is 19.9 Å². The van der Waals surface area contributed by atoms with Gasteiger partial charge in [-0.05, 0) is 25.7 Å². The summed E-state index contributed by atoms with van der Waals surface area (Å²) in [4.78, 5) is 81.4. The van der Waals surface area contributed by atoms with Gasteiger partial charge in [-0.3, -0.25) is 23.7 Å². The van der Waals surface area contributed by atoms with Gasteiger partial charge in [0.05, 0.1) is 6.16 Å². The Hall–Kier alpha value is -2.10. The molecule has 0 spiro atoms. The number of Topliss-reactive ketones (excluding diaryl/α,β-unsaturated/α-hetero) is 1. The van der Waals surface area contributed by atoms with E-state index in [9.17, 15) is 28.5 Å². The van der Waals surface area contributed by atoms with Crippen molar-refractivity contribution in [1.82, 2.24) is 10.4 Å². The Morgan fingerprint density at radius 3 is 2.33 bits per heavy atom. The van der Waals surface area contributed by atoms with Crippen molar-refractivity contribution < 1.29 is 43.2 Å². The summed E-state index contributed by atoms with van der Waals surface area (Å²) in [5, 5.41) is 3.09. The fourth-order valence-electron chi connectivity index (χ4n) is 2.86. The molecular weight excluding hydrogens is 419 g/mol. The van der Waals surface area contributed by atoms with Gasteiger partial charge in [-0.1, -0.05) is 6.92 Å². The molecule has 12 heteroatoms. The van der Waals surface area contributed by atoms with Crippen LogP contribution in [0.15, 0.2) is 0 Å². The van der Waals surface area contributed by atoms with Gasteiger partial charge in [-0.25, -0.2) is 4.79 Å². The monoisotopic (exact) mass is 448 g/mol. The number of unbranched alkanes of at least 4 members (excludes halogenated alkanes) is 1. The number of hydroxylamine groups is 2. The van der Waals surface area contributed by atoms with Crippen LogP contribution < -0.4 is 5.32 Å². The van der Waals surface area contributed by atoms with Crippen molar-refractivity contribution in [1.29, 1.82) is 0 Å². The minimum atomic E-state index is -4.28. The lowest BCUT2D eigenvalue weighted by Crippen LogP contribution is -2.33. The van der Waals surface area contributed by atoms with Crippen molar-refractivity contribution in [2.45, 2.75) is 64.7 Å². The fraction of sp³-hybridized carbons (Fsp3) is 0.722. The molecule has 0 aromatic rings. The van der Waals surface area contributed by atoms with E-state index in [1.807, 2.05) is 6.92 Å². The number of carbonyl (C=O) groups is 5. The summed E-state index contributed by atoms with van der Waals surface area (Å²) < 4.78 is 11.1. The quantitative estimate of drug-likeness (QED) is 0.198. The van der Waals surface area contributed by atoms with Gasteiger partial charge in [-0.2, -0.15) is 0 Å². The molecule has 1 aliphatic heterocycles. The molecule has 30 heavy (non-hydrogen) atoms. The maximum atomic E-state index is 12.3. The van der Waals surface area contributed by atoms with E-state index in [4.69, 9.17) is 14.6 Å². The average Bonchev–Trinajstić information content (AvgIpc) is 2.96. The van der Waals surface area contributed by atoms with Crippen LogP contribution in [-0.2, 0) is 33.4 Å². The van der Waals surface area contributed by atoms with Crippen LogP contribution in [0, 0.1) is 5.92 Å². The molecule has 0 bridgehead atoms. The van der Waals surface area contributed by atoms with Crippen LogP contribution >= 0.6 is 7.60 Å². The molecule has 0 aromatic heterocycles. The van der Waals surface area contributed by atoms with E-state index >= 15 is 0 Å². The van der Waals surface area contributed by atoms with E-state index in [0.717, 1.165) is 0 Å². The van der Waals surface area contributed by atoms with Gasteiger partial charge in [0.25, 0.3) is 11.8 Å². The first-order valence-corrected chi connectivity index (χ1v) is 11.7. The van der Waals surface area contributed by atoms with Gasteiger partial charge in [0.15, 0.2) is 0 Å². The first-order chi connectivity index (χ1) is 14.0. The standard InChI is InChI=1S/C18H29N2O9P/c1-2-5-14(21)12-13(9-11-30(26,27)28)18(25)19-10-4-3-6-17(24)29-20-15(22)7-8-16(20)23/h13H,2-12H2,1H3,(H,19,25)(H2,26,27,28). The maximum absolute atomic E-state index is 12.3. The predicted molar refractivity (Wildman–Crippen MR) is 104 cm³/mol. The van der Waals surface area contributed by atoms with Crippen molar-refractivity contribution in [3.8, 4) is 0 Å². The van der Waals surface area contributed by atoms with E-state index < -0.39 is 43.4 Å². The Morgan fingerprint density at radius 1 is 1.13 bits per heavy atom. The highest BCUT2D eigenvalue weighted by Gasteiger charge is 2.32. The van der Waals surface area contributed by atoms with Crippen molar-refractivity contribution in [3.05, 3.63) is 0 Å². The van der Waals surface area contributed by atoms with Gasteiger partial charge in [0.1, 0.15) is 5.78 Å². The Balaban J connectivity index is 2.36. The topological polar surface area (TPSA) is 167 Å². The molecule has 170 valence electrons. The highest BCUT2D eigenvalue weighted by atomic mass is 31.2. The molecular formula is C18H29N2O9P. The number of hydrogen-bond donors (Lipinski definition) is 3. The molecule has 3 N–H and O–H groups in total. The van der Waals surface area contributed by atoms with Crippen LogP contribution in [-0.4, -0.2) is 57.0 Å². The molecule has 1 saturated heterocycles. The normalized spacial score (nSPS) is 15.2. The van der Waals surface area contributed by atoms with E-state index in [0.29, 0.717) is 30.7 Å². The van der Waals surface area contributed by atoms with Crippen molar-refractivity contribution in [2.24, 2.45) is 5.92 Å². The zero-order valence-corrected chi connectivity index (χ0v) is 17.9. The Bertz CT molecular complexity index is 688. The molecule has 1 atom stereocenters. The highest BCUT2D eigenvalue weighted by molar-refractivity contribution is 7.51. The lowest BCUT2D eigenvalue weighted by Gasteiger charge is -2.16. The first-order valence-electron chi connectivity index (χ1n) is 9.94. The van der Waals surface area contributed by atoms with E-state index in [-0.39, 0.29) is 44.4 Å². The molecule has 0 saturated carbocycles. The average molecular weight is 448 g/mol. The van der Waals surface area contributed by atoms with Gasteiger partial charge >= 0.3 is 13.6 Å². The summed E-state index contributed by atoms with van der Waals surface area (Å²) in [6.07, 6.45) is 0.964. The third-order valence-corrected chi connectivity index (χ3v) is 5.29. The minimum Gasteiger partial charge on any atom is -0.356 e. The Labute approximate surface area is 174 Å². The van der Waals surface area contributed by atoms with Crippen LogP contribution in [0.5, 0.6) is 0 Å². The van der Waals surface area contributed by atoms with Crippen molar-refractivity contribution >= 4 is 37.1 Å². The number of hydrogen-bond acceptors (Lipinski definition) is 7. The zero-order valence-electron chi connectivity index (χ0n) is 17.0. The lowest BCUT2D eigenvalue weighted by atomic mass is 9.96. The van der Waals surface area contributed by atoms with Crippen LogP contribution in [0.2, 0.25) is 0 Å². The second-order valence-corrected chi connectivity index (χ2v) is 8.94. The molecule has 1 unspecified atom stereocenters. The maximum Gasteiger partial charge on any atom is 0.333 e. The molecule has 0 aromatic carbocycles. The molecule has 1 aliphatic rings. The first kappa shape index (κ1) is 25.9. The van der Waals surface area contributed by atoms with E-state index in [2.05, 4.69) is 5.32 Å². The largest absolute Gasteiger partial charge is 0.356 e. The smallest absolute Gasteiger partial charge is 0.333 e. The number of imide groups is 1. The van der Waals surface area contributed by atoms with Gasteiger partial charge in [-0.15, -0.1) is 5.06 Å². The molecule has 1 rings (SSSR count). The van der Waals surface area contributed by atoms with Crippen LogP contribution in [0.25, 0.3) is 0 Å². The lowest BCUT2D eigenvalue weighted by molar-refractivity contribution is -0.197. The zero-order chi connectivity index (χ0) is 22.7. The number of carbonyl (C=O) groups excluding carboxylic acids is 5. The third kappa shape index (κ3) is 10.1. The second-order valence-electron chi connectivity index (χ2n) is 7.16. The number of amides is 3. The SMILES string of the molecule is CCCC(=O)CC(CCP(=O)(O)O)C(=O)NCCCCC(=O)ON1C(=O)CCC1=O. The van der Waals surface area contributed by atoms with Crippen LogP contribution in [0.3, 0.4) is 0 Å². The second kappa shape index (κ2) is 12.6. The third-order valence-electron chi connectivity index (χ3n) is 4.45. The molecule has 0 radical (unpaired) electrons. The number of nitrogens with one attached hydrogen (secondary N) is 1. The van der Waals surface area contributed by atoms with Crippen molar-refractivity contribution in [2.75, 3.05) is 12.7 Å². The number of ketones is 1. The fourth-order valence-corrected chi connectivity index (χ4v) is 3.51. The molecule has 0 aliphatic carbocycles. The van der Waals surface area contributed by atoms with Crippen LogP contribution in [0.1, 0.15) is 64.7 Å². The molecule has 11 nitrogen and oxygen atoms in total. The number of nitrogens with zero attached hydrogens (tertiary/aromatic N) is 1. The summed E-state index contributed by atoms with van der Waals surface area (Å²) in [7, 11) is -4.28. The van der Waals surface area contributed by atoms with E-state index in [1.54, 1.807) is 0 Å². The summed E-state index contributed by atoms with van der Waals surface area (Å²) in [5.41, 5.74) is 0. The summed E-state index contributed by atoms with van der Waals surface area (Å²) >= 11 is 0. The Morgan fingerprint density at radius 2 is 1.77 bits per heavy atom. The van der Waals surface area contributed by atoms with Crippen LogP contribution in [0.4, 0.5) is 0 Å². The minimum absolute atomic E-state index is 0.0160. The summed E-state index contributed by atoms with van der Waals surface area (Å²) in [5.74, 6) is -3.27. The summed E-state index contributed by atoms with van der Waals surface area (Å²) in [6, 6.07) is 0. The molecule has 1 fully saturated rings. The van der Waals surface area contributed by atoms with E-state index in [1.165, 1.54) is 0 Å². The molecule has 3 amide bonds. The number of rotatable bonds is 14. The summed E-state index contributed by atoms with van der Waals surface area (Å²) in [6.45, 7) is 2.02. The molecule has 1 heterocycles. The van der Waals surface area contributed by atoms with Crippen molar-refractivity contribution in [3.63, 3.8) is 0 Å². The van der Waals surface area contributed by atoms with Gasteiger partial charge in [0, 0.05) is 44.6 Å². The Kier molecular flexibility index (Phi) is 10.9. The highest BCUT2D eigenvalue weighted by Crippen LogP contribution is 2.36. The predicted octanol–water partition coefficient (Wildman–Crippen LogP) is 0.823.